The van der Waals surface area contributed by atoms with Gasteiger partial charge in [-0.2, -0.15) is 0 Å². The van der Waals surface area contributed by atoms with Gasteiger partial charge in [0.2, 0.25) is 5.91 Å². The molecule has 1 aliphatic rings. The first-order valence-electron chi connectivity index (χ1n) is 9.29. The Balaban J connectivity index is 2.01. The summed E-state index contributed by atoms with van der Waals surface area (Å²) in [4.78, 5) is 27.3. The number of aryl methyl sites for hydroxylation is 1. The van der Waals surface area contributed by atoms with Gasteiger partial charge in [-0.05, 0) is 35.4 Å². The van der Waals surface area contributed by atoms with E-state index in [1.807, 2.05) is 49.4 Å². The van der Waals surface area contributed by atoms with Gasteiger partial charge in [-0.3, -0.25) is 4.79 Å². The summed E-state index contributed by atoms with van der Waals surface area (Å²) in [6, 6.07) is 16.6. The molecule has 0 saturated carbocycles. The first-order valence-corrected chi connectivity index (χ1v) is 9.29. The summed E-state index contributed by atoms with van der Waals surface area (Å²) in [6.07, 6.45) is -0.326. The van der Waals surface area contributed by atoms with Gasteiger partial charge in [0.05, 0.1) is 6.04 Å². The minimum Gasteiger partial charge on any atom is -0.410 e. The molecule has 1 heterocycles. The Morgan fingerprint density at radius 3 is 2.19 bits per heavy atom. The van der Waals surface area contributed by atoms with E-state index in [0.717, 1.165) is 11.1 Å². The van der Waals surface area contributed by atoms with Crippen molar-refractivity contribution in [1.29, 1.82) is 0 Å². The van der Waals surface area contributed by atoms with Gasteiger partial charge in [0.25, 0.3) is 0 Å². The number of amides is 2. The van der Waals surface area contributed by atoms with Crippen LogP contribution in [0.15, 0.2) is 54.6 Å². The second-order valence-corrected chi connectivity index (χ2v) is 8.54. The lowest BCUT2D eigenvalue weighted by Gasteiger charge is -2.54. The van der Waals surface area contributed by atoms with Gasteiger partial charge in [-0.1, -0.05) is 75.7 Å². The molecule has 0 bridgehead atoms. The molecule has 0 radical (unpaired) electrons. The van der Waals surface area contributed by atoms with E-state index in [0.29, 0.717) is 12.2 Å². The van der Waals surface area contributed by atoms with Crippen molar-refractivity contribution in [2.45, 2.75) is 47.1 Å². The zero-order chi connectivity index (χ0) is 19.8. The number of benzene rings is 2. The maximum Gasteiger partial charge on any atom is 0.422 e. The van der Waals surface area contributed by atoms with E-state index in [-0.39, 0.29) is 16.7 Å². The van der Waals surface area contributed by atoms with E-state index in [4.69, 9.17) is 4.74 Å². The Morgan fingerprint density at radius 1 is 1.00 bits per heavy atom. The summed E-state index contributed by atoms with van der Waals surface area (Å²) in [5, 5.41) is 0. The summed E-state index contributed by atoms with van der Waals surface area (Å²) in [7, 11) is 0. The number of nitrogens with zero attached hydrogens (tertiary/aromatic N) is 1. The van der Waals surface area contributed by atoms with Gasteiger partial charge in [-0.15, -0.1) is 0 Å². The summed E-state index contributed by atoms with van der Waals surface area (Å²) in [5.74, 6) is 0.234. The van der Waals surface area contributed by atoms with Crippen LogP contribution in [0.3, 0.4) is 0 Å². The third-order valence-electron chi connectivity index (χ3n) is 6.09. The number of likely N-dealkylation sites (tertiary alicyclic amines) is 1. The van der Waals surface area contributed by atoms with E-state index in [9.17, 15) is 9.59 Å². The highest BCUT2D eigenvalue weighted by Gasteiger charge is 2.55. The zero-order valence-corrected chi connectivity index (χ0v) is 16.7. The first kappa shape index (κ1) is 19.2. The molecule has 0 aromatic heterocycles. The largest absolute Gasteiger partial charge is 0.422 e. The maximum atomic E-state index is 13.0. The highest BCUT2D eigenvalue weighted by molar-refractivity contribution is 5.94. The molecule has 1 fully saturated rings. The number of carbonyl (C=O) groups excluding carboxylic acids is 2. The van der Waals surface area contributed by atoms with E-state index >= 15 is 0 Å². The maximum absolute atomic E-state index is 13.0. The van der Waals surface area contributed by atoms with Gasteiger partial charge in [0.1, 0.15) is 5.75 Å². The van der Waals surface area contributed by atoms with Crippen LogP contribution in [0.1, 0.15) is 51.3 Å². The Morgan fingerprint density at radius 2 is 1.59 bits per heavy atom. The molecule has 0 N–H and O–H groups in total. The number of ether oxygens (including phenoxy) is 1. The Kier molecular flexibility index (Phi) is 4.85. The van der Waals surface area contributed by atoms with Crippen molar-refractivity contribution in [3.8, 4) is 5.75 Å². The van der Waals surface area contributed by atoms with Crippen LogP contribution in [0, 0.1) is 17.8 Å². The third kappa shape index (κ3) is 3.48. The molecule has 1 unspecified atom stereocenters. The molecule has 1 saturated heterocycles. The molecule has 4 nitrogen and oxygen atoms in total. The number of hydrogen-bond acceptors (Lipinski definition) is 3. The summed E-state index contributed by atoms with van der Waals surface area (Å²) >= 11 is 0. The molecular formula is C23H27NO3. The number of imide groups is 1. The average molecular weight is 365 g/mol. The van der Waals surface area contributed by atoms with Crippen LogP contribution in [0.25, 0.3) is 0 Å². The minimum absolute atomic E-state index is 0.203. The standard InChI is InChI=1S/C23H27NO3/c1-16-11-13-18(14-12-16)27-21(26)24-19(25)15-22(2,3)23(4,5)20(24)17-9-7-6-8-10-17/h6-14,20H,15H2,1-5H3. The van der Waals surface area contributed by atoms with Crippen LogP contribution in [0.5, 0.6) is 5.75 Å². The van der Waals surface area contributed by atoms with Crippen molar-refractivity contribution < 1.29 is 14.3 Å². The number of carbonyl (C=O) groups is 2. The van der Waals surface area contributed by atoms with Crippen molar-refractivity contribution >= 4 is 12.0 Å². The molecule has 1 aliphatic heterocycles. The lowest BCUT2D eigenvalue weighted by atomic mass is 9.58. The van der Waals surface area contributed by atoms with Crippen LogP contribution in [0.2, 0.25) is 0 Å². The van der Waals surface area contributed by atoms with Crippen molar-refractivity contribution in [3.63, 3.8) is 0 Å². The highest BCUT2D eigenvalue weighted by Crippen LogP contribution is 2.55. The van der Waals surface area contributed by atoms with Crippen molar-refractivity contribution in [2.24, 2.45) is 10.8 Å². The lowest BCUT2D eigenvalue weighted by Crippen LogP contribution is -2.57. The molecule has 0 aliphatic carbocycles. The van der Waals surface area contributed by atoms with Crippen LogP contribution >= 0.6 is 0 Å². The van der Waals surface area contributed by atoms with Crippen molar-refractivity contribution in [2.75, 3.05) is 0 Å². The summed E-state index contributed by atoms with van der Waals surface area (Å²) in [6.45, 7) is 10.4. The Labute approximate surface area is 161 Å². The summed E-state index contributed by atoms with van der Waals surface area (Å²) in [5.41, 5.74) is 1.43. The van der Waals surface area contributed by atoms with Crippen molar-refractivity contribution in [1.82, 2.24) is 4.90 Å². The first-order chi connectivity index (χ1) is 12.6. The fourth-order valence-electron chi connectivity index (χ4n) is 3.69. The van der Waals surface area contributed by atoms with E-state index < -0.39 is 12.1 Å². The molecule has 0 spiro atoms. The Hall–Kier alpha value is -2.62. The Bertz CT molecular complexity index is 838. The van der Waals surface area contributed by atoms with E-state index in [1.165, 1.54) is 4.90 Å². The topological polar surface area (TPSA) is 46.6 Å². The van der Waals surface area contributed by atoms with E-state index in [2.05, 4.69) is 27.7 Å². The minimum atomic E-state index is -0.624. The molecule has 2 amide bonds. The predicted octanol–water partition coefficient (Wildman–Crippen LogP) is 5.52. The molecule has 27 heavy (non-hydrogen) atoms. The van der Waals surface area contributed by atoms with Crippen LogP contribution < -0.4 is 4.74 Å². The summed E-state index contributed by atoms with van der Waals surface area (Å²) < 4.78 is 5.56. The van der Waals surface area contributed by atoms with E-state index in [1.54, 1.807) is 12.1 Å². The molecule has 3 rings (SSSR count). The third-order valence-corrected chi connectivity index (χ3v) is 6.09. The average Bonchev–Trinajstić information content (AvgIpc) is 2.60. The predicted molar refractivity (Wildman–Crippen MR) is 105 cm³/mol. The smallest absolute Gasteiger partial charge is 0.410 e. The highest BCUT2D eigenvalue weighted by atomic mass is 16.6. The van der Waals surface area contributed by atoms with Crippen LogP contribution in [0.4, 0.5) is 4.79 Å². The zero-order valence-electron chi connectivity index (χ0n) is 16.7. The monoisotopic (exact) mass is 365 g/mol. The second-order valence-electron chi connectivity index (χ2n) is 8.54. The molecule has 4 heteroatoms. The SMILES string of the molecule is Cc1ccc(OC(=O)N2C(=O)CC(C)(C)C(C)(C)C2c2ccccc2)cc1. The molecule has 142 valence electrons. The fourth-order valence-corrected chi connectivity index (χ4v) is 3.69. The van der Waals surface area contributed by atoms with Crippen molar-refractivity contribution in [3.05, 3.63) is 65.7 Å². The van der Waals surface area contributed by atoms with Gasteiger partial charge >= 0.3 is 6.09 Å². The van der Waals surface area contributed by atoms with Gasteiger partial charge < -0.3 is 4.74 Å². The van der Waals surface area contributed by atoms with Gasteiger partial charge in [0.15, 0.2) is 0 Å². The molecule has 2 aromatic carbocycles. The van der Waals surface area contributed by atoms with Crippen LogP contribution in [-0.4, -0.2) is 16.9 Å². The normalized spacial score (nSPS) is 21.0. The van der Waals surface area contributed by atoms with Gasteiger partial charge in [-0.25, -0.2) is 9.69 Å². The lowest BCUT2D eigenvalue weighted by molar-refractivity contribution is -0.150. The quantitative estimate of drug-likeness (QED) is 0.704. The molecular weight excluding hydrogens is 338 g/mol. The van der Waals surface area contributed by atoms with Crippen LogP contribution in [-0.2, 0) is 4.79 Å². The molecule has 2 aromatic rings. The number of hydrogen-bond donors (Lipinski definition) is 0. The second kappa shape index (κ2) is 6.84. The fraction of sp³-hybridized carbons (Fsp3) is 0.391. The van der Waals surface area contributed by atoms with Gasteiger partial charge in [0, 0.05) is 6.42 Å². The number of rotatable bonds is 2. The molecule has 1 atom stereocenters. The number of piperidine rings is 1.